The standard InChI is InChI=1S/C13H26N2O/c1-10(14)9-15-8-7-11(13(2,3)4)5-6-12(15)16/h10-11H,5-9,14H2,1-4H3/t10-,11?/m1/s1. The molecule has 3 nitrogen and oxygen atoms in total. The fourth-order valence-corrected chi connectivity index (χ4v) is 2.44. The Kier molecular flexibility index (Phi) is 4.36. The van der Waals surface area contributed by atoms with E-state index in [2.05, 4.69) is 20.8 Å². The SMILES string of the molecule is C[C@@H](N)CN1CCC(C(C)(C)C)CCC1=O. The van der Waals surface area contributed by atoms with Gasteiger partial charge in [-0.25, -0.2) is 0 Å². The summed E-state index contributed by atoms with van der Waals surface area (Å²) in [6, 6.07) is 0.0788. The molecule has 1 saturated heterocycles. The molecule has 1 aliphatic rings. The van der Waals surface area contributed by atoms with Gasteiger partial charge in [0.05, 0.1) is 0 Å². The molecule has 1 rings (SSSR count). The number of hydrogen-bond donors (Lipinski definition) is 1. The van der Waals surface area contributed by atoms with Crippen molar-refractivity contribution in [3.63, 3.8) is 0 Å². The predicted molar refractivity (Wildman–Crippen MR) is 67.0 cm³/mol. The Hall–Kier alpha value is -0.570. The lowest BCUT2D eigenvalue weighted by Gasteiger charge is -2.29. The lowest BCUT2D eigenvalue weighted by Crippen LogP contribution is -2.39. The van der Waals surface area contributed by atoms with Gasteiger partial charge in [0.25, 0.3) is 0 Å². The summed E-state index contributed by atoms with van der Waals surface area (Å²) in [4.78, 5) is 13.8. The molecule has 0 radical (unpaired) electrons. The highest BCUT2D eigenvalue weighted by molar-refractivity contribution is 5.76. The summed E-state index contributed by atoms with van der Waals surface area (Å²) in [5.41, 5.74) is 6.07. The van der Waals surface area contributed by atoms with Gasteiger partial charge in [-0.05, 0) is 31.1 Å². The summed E-state index contributed by atoms with van der Waals surface area (Å²) >= 11 is 0. The second-order valence-corrected chi connectivity index (χ2v) is 6.21. The van der Waals surface area contributed by atoms with Gasteiger partial charge in [-0.2, -0.15) is 0 Å². The molecule has 0 spiro atoms. The molecule has 0 aromatic heterocycles. The number of carbonyl (C=O) groups excluding carboxylic acids is 1. The van der Waals surface area contributed by atoms with Gasteiger partial charge in [0.1, 0.15) is 0 Å². The van der Waals surface area contributed by atoms with Crippen molar-refractivity contribution in [1.29, 1.82) is 0 Å². The van der Waals surface area contributed by atoms with Crippen LogP contribution in [0.3, 0.4) is 0 Å². The topological polar surface area (TPSA) is 46.3 Å². The van der Waals surface area contributed by atoms with Crippen LogP contribution in [0.15, 0.2) is 0 Å². The average Bonchev–Trinajstić information content (AvgIpc) is 2.28. The molecular formula is C13H26N2O. The van der Waals surface area contributed by atoms with Gasteiger partial charge in [-0.15, -0.1) is 0 Å². The second kappa shape index (κ2) is 5.17. The molecule has 1 unspecified atom stereocenters. The fourth-order valence-electron chi connectivity index (χ4n) is 2.44. The number of hydrogen-bond acceptors (Lipinski definition) is 2. The third-order valence-electron chi connectivity index (χ3n) is 3.54. The van der Waals surface area contributed by atoms with Gasteiger partial charge in [-0.3, -0.25) is 4.79 Å². The van der Waals surface area contributed by atoms with E-state index in [-0.39, 0.29) is 11.9 Å². The van der Waals surface area contributed by atoms with Gasteiger partial charge < -0.3 is 10.6 Å². The van der Waals surface area contributed by atoms with Crippen molar-refractivity contribution in [3.8, 4) is 0 Å². The molecule has 0 aliphatic carbocycles. The van der Waals surface area contributed by atoms with E-state index in [0.717, 1.165) is 19.4 Å². The summed E-state index contributed by atoms with van der Waals surface area (Å²) < 4.78 is 0. The number of amides is 1. The average molecular weight is 226 g/mol. The fraction of sp³-hybridized carbons (Fsp3) is 0.923. The minimum absolute atomic E-state index is 0.0788. The Morgan fingerprint density at radius 1 is 1.44 bits per heavy atom. The monoisotopic (exact) mass is 226 g/mol. The molecule has 3 heteroatoms. The number of rotatable bonds is 2. The maximum atomic E-state index is 11.9. The highest BCUT2D eigenvalue weighted by Gasteiger charge is 2.29. The van der Waals surface area contributed by atoms with Crippen molar-refractivity contribution >= 4 is 5.91 Å². The smallest absolute Gasteiger partial charge is 0.222 e. The van der Waals surface area contributed by atoms with E-state index in [1.807, 2.05) is 11.8 Å². The van der Waals surface area contributed by atoms with Crippen LogP contribution in [-0.2, 0) is 4.79 Å². The van der Waals surface area contributed by atoms with Crippen LogP contribution in [0.2, 0.25) is 0 Å². The van der Waals surface area contributed by atoms with E-state index in [1.165, 1.54) is 0 Å². The highest BCUT2D eigenvalue weighted by atomic mass is 16.2. The summed E-state index contributed by atoms with van der Waals surface area (Å²) in [7, 11) is 0. The Labute approximate surface area is 99.4 Å². The Balaban J connectivity index is 2.59. The van der Waals surface area contributed by atoms with Crippen molar-refractivity contribution in [2.24, 2.45) is 17.1 Å². The third-order valence-corrected chi connectivity index (χ3v) is 3.54. The Morgan fingerprint density at radius 2 is 2.06 bits per heavy atom. The van der Waals surface area contributed by atoms with Crippen molar-refractivity contribution in [2.75, 3.05) is 13.1 Å². The zero-order valence-corrected chi connectivity index (χ0v) is 11.1. The van der Waals surface area contributed by atoms with Crippen LogP contribution in [0.5, 0.6) is 0 Å². The summed E-state index contributed by atoms with van der Waals surface area (Å²) in [6.07, 6.45) is 2.83. The van der Waals surface area contributed by atoms with E-state index in [1.54, 1.807) is 0 Å². The van der Waals surface area contributed by atoms with Crippen molar-refractivity contribution in [3.05, 3.63) is 0 Å². The molecular weight excluding hydrogens is 200 g/mol. The zero-order valence-electron chi connectivity index (χ0n) is 11.1. The van der Waals surface area contributed by atoms with Crippen molar-refractivity contribution in [1.82, 2.24) is 4.90 Å². The van der Waals surface area contributed by atoms with E-state index in [9.17, 15) is 4.79 Å². The molecule has 1 fully saturated rings. The number of nitrogens with zero attached hydrogens (tertiary/aromatic N) is 1. The predicted octanol–water partition coefficient (Wildman–Crippen LogP) is 2.01. The molecule has 0 saturated carbocycles. The van der Waals surface area contributed by atoms with Crippen LogP contribution in [0.1, 0.15) is 47.0 Å². The van der Waals surface area contributed by atoms with Gasteiger partial charge >= 0.3 is 0 Å². The van der Waals surface area contributed by atoms with Gasteiger partial charge in [0, 0.05) is 25.6 Å². The zero-order chi connectivity index (χ0) is 12.3. The Morgan fingerprint density at radius 3 is 2.56 bits per heavy atom. The largest absolute Gasteiger partial charge is 0.341 e. The quantitative estimate of drug-likeness (QED) is 0.783. The minimum atomic E-state index is 0.0788. The molecule has 2 atom stereocenters. The molecule has 16 heavy (non-hydrogen) atoms. The molecule has 1 aliphatic heterocycles. The van der Waals surface area contributed by atoms with Gasteiger partial charge in [0.2, 0.25) is 5.91 Å². The van der Waals surface area contributed by atoms with Crippen LogP contribution in [0.25, 0.3) is 0 Å². The maximum Gasteiger partial charge on any atom is 0.222 e. The number of carbonyl (C=O) groups is 1. The van der Waals surface area contributed by atoms with Gasteiger partial charge in [-0.1, -0.05) is 20.8 Å². The van der Waals surface area contributed by atoms with E-state index < -0.39 is 0 Å². The Bertz CT molecular complexity index is 243. The molecule has 1 amide bonds. The van der Waals surface area contributed by atoms with Crippen LogP contribution < -0.4 is 5.73 Å². The third kappa shape index (κ3) is 3.78. The molecule has 0 aromatic rings. The molecule has 0 aromatic carbocycles. The first kappa shape index (κ1) is 13.5. The first-order valence-electron chi connectivity index (χ1n) is 6.34. The van der Waals surface area contributed by atoms with E-state index >= 15 is 0 Å². The first-order valence-corrected chi connectivity index (χ1v) is 6.34. The summed E-state index contributed by atoms with van der Waals surface area (Å²) in [6.45, 7) is 10.3. The minimum Gasteiger partial charge on any atom is -0.341 e. The van der Waals surface area contributed by atoms with Crippen LogP contribution in [-0.4, -0.2) is 29.9 Å². The normalized spacial score (nSPS) is 25.4. The van der Waals surface area contributed by atoms with Crippen LogP contribution >= 0.6 is 0 Å². The second-order valence-electron chi connectivity index (χ2n) is 6.21. The first-order chi connectivity index (χ1) is 7.30. The molecule has 1 heterocycles. The van der Waals surface area contributed by atoms with Crippen LogP contribution in [0, 0.1) is 11.3 Å². The van der Waals surface area contributed by atoms with Crippen LogP contribution in [0.4, 0.5) is 0 Å². The highest BCUT2D eigenvalue weighted by Crippen LogP contribution is 2.34. The molecule has 0 bridgehead atoms. The van der Waals surface area contributed by atoms with E-state index in [4.69, 9.17) is 5.73 Å². The lowest BCUT2D eigenvalue weighted by atomic mass is 9.77. The molecule has 2 N–H and O–H groups in total. The van der Waals surface area contributed by atoms with Gasteiger partial charge in [0.15, 0.2) is 0 Å². The number of nitrogens with two attached hydrogens (primary N) is 1. The van der Waals surface area contributed by atoms with Crippen molar-refractivity contribution < 1.29 is 4.79 Å². The number of likely N-dealkylation sites (tertiary alicyclic amines) is 1. The van der Waals surface area contributed by atoms with E-state index in [0.29, 0.717) is 24.3 Å². The summed E-state index contributed by atoms with van der Waals surface area (Å²) in [5.74, 6) is 0.929. The summed E-state index contributed by atoms with van der Waals surface area (Å²) in [5, 5.41) is 0. The van der Waals surface area contributed by atoms with Crippen molar-refractivity contribution in [2.45, 2.75) is 53.0 Å². The molecule has 94 valence electrons. The lowest BCUT2D eigenvalue weighted by molar-refractivity contribution is -0.130. The maximum absolute atomic E-state index is 11.9.